The van der Waals surface area contributed by atoms with Crippen molar-refractivity contribution in [1.82, 2.24) is 4.90 Å². The largest absolute Gasteiger partial charge is 0.398 e. The molecule has 0 atom stereocenters. The fourth-order valence-corrected chi connectivity index (χ4v) is 3.60. The van der Waals surface area contributed by atoms with E-state index in [-0.39, 0.29) is 5.91 Å². The van der Waals surface area contributed by atoms with Crippen LogP contribution in [0, 0.1) is 12.3 Å². The van der Waals surface area contributed by atoms with E-state index in [1.54, 1.807) is 0 Å². The molecule has 0 spiro atoms. The molecule has 18 heavy (non-hydrogen) atoms. The summed E-state index contributed by atoms with van der Waals surface area (Å²) in [5, 5.41) is 0. The van der Waals surface area contributed by atoms with Gasteiger partial charge in [0.1, 0.15) is 0 Å². The second-order valence-corrected chi connectivity index (χ2v) is 6.56. The first-order valence-electron chi connectivity index (χ1n) is 6.66. The van der Waals surface area contributed by atoms with Gasteiger partial charge in [-0.2, -0.15) is 0 Å². The molecule has 1 amide bonds. The van der Waals surface area contributed by atoms with Crippen molar-refractivity contribution >= 4 is 22.9 Å². The average molecular weight is 266 g/mol. The lowest BCUT2D eigenvalue weighted by Gasteiger charge is -2.26. The number of rotatable bonds is 3. The Morgan fingerprint density at radius 3 is 2.61 bits per heavy atom. The van der Waals surface area contributed by atoms with E-state index in [9.17, 15) is 4.79 Å². The predicted octanol–water partition coefficient (Wildman–Crippen LogP) is 3.29. The number of likely N-dealkylation sites (tertiary alicyclic amines) is 1. The normalized spacial score (nSPS) is 18.3. The fourth-order valence-electron chi connectivity index (χ4n) is 2.69. The first kappa shape index (κ1) is 13.4. The lowest BCUT2D eigenvalue weighted by atomic mass is 9.82. The van der Waals surface area contributed by atoms with Crippen LogP contribution in [0.1, 0.15) is 47.7 Å². The summed E-state index contributed by atoms with van der Waals surface area (Å²) in [7, 11) is 0. The highest BCUT2D eigenvalue weighted by molar-refractivity contribution is 7.14. The summed E-state index contributed by atoms with van der Waals surface area (Å²) >= 11 is 1.51. The quantitative estimate of drug-likeness (QED) is 0.912. The zero-order valence-corrected chi connectivity index (χ0v) is 12.3. The van der Waals surface area contributed by atoms with Crippen LogP contribution in [0.15, 0.2) is 6.07 Å². The van der Waals surface area contributed by atoms with Crippen molar-refractivity contribution in [1.29, 1.82) is 0 Å². The smallest absolute Gasteiger partial charge is 0.264 e. The number of carbonyl (C=O) groups excluding carboxylic acids is 1. The molecular weight excluding hydrogens is 244 g/mol. The third-order valence-electron chi connectivity index (χ3n) is 4.39. The van der Waals surface area contributed by atoms with Crippen molar-refractivity contribution < 1.29 is 4.79 Å². The molecule has 1 aromatic heterocycles. The summed E-state index contributed by atoms with van der Waals surface area (Å²) in [4.78, 5) is 16.2. The lowest BCUT2D eigenvalue weighted by Crippen LogP contribution is -2.31. The number of nitrogens with zero attached hydrogens (tertiary/aromatic N) is 1. The third-order valence-corrected chi connectivity index (χ3v) is 5.45. The van der Waals surface area contributed by atoms with E-state index in [2.05, 4.69) is 13.8 Å². The highest BCUT2D eigenvalue weighted by atomic mass is 32.1. The van der Waals surface area contributed by atoms with Gasteiger partial charge in [-0.15, -0.1) is 11.3 Å². The molecule has 4 heteroatoms. The van der Waals surface area contributed by atoms with Gasteiger partial charge in [0.25, 0.3) is 5.91 Å². The van der Waals surface area contributed by atoms with Crippen LogP contribution in [-0.2, 0) is 0 Å². The Kier molecular flexibility index (Phi) is 3.66. The minimum absolute atomic E-state index is 0.156. The molecule has 1 saturated heterocycles. The number of hydrogen-bond acceptors (Lipinski definition) is 3. The molecule has 0 saturated carbocycles. The molecule has 1 aliphatic heterocycles. The van der Waals surface area contributed by atoms with Gasteiger partial charge in [0, 0.05) is 23.7 Å². The van der Waals surface area contributed by atoms with Crippen LogP contribution in [0.5, 0.6) is 0 Å². The molecule has 0 bridgehead atoms. The topological polar surface area (TPSA) is 46.3 Å². The molecule has 1 aliphatic rings. The maximum absolute atomic E-state index is 12.4. The van der Waals surface area contributed by atoms with Crippen LogP contribution in [0.3, 0.4) is 0 Å². The standard InChI is InChI=1S/C14H22N2OS/c1-4-14(5-2)6-7-16(9-14)13(17)12-8-11(15)10(3)18-12/h8H,4-7,9,15H2,1-3H3. The fraction of sp³-hybridized carbons (Fsp3) is 0.643. The van der Waals surface area contributed by atoms with Gasteiger partial charge in [0.2, 0.25) is 0 Å². The molecular formula is C14H22N2OS. The number of thiophene rings is 1. The second kappa shape index (κ2) is 4.92. The maximum atomic E-state index is 12.4. The Balaban J connectivity index is 2.12. The van der Waals surface area contributed by atoms with Crippen molar-refractivity contribution in [2.24, 2.45) is 5.41 Å². The molecule has 2 rings (SSSR count). The average Bonchev–Trinajstić information content (AvgIpc) is 2.94. The second-order valence-electron chi connectivity index (χ2n) is 5.31. The number of nitrogens with two attached hydrogens (primary N) is 1. The lowest BCUT2D eigenvalue weighted by molar-refractivity contribution is 0.0774. The van der Waals surface area contributed by atoms with Crippen molar-refractivity contribution in [3.05, 3.63) is 15.8 Å². The summed E-state index contributed by atoms with van der Waals surface area (Å²) in [6.07, 6.45) is 3.43. The molecule has 0 unspecified atom stereocenters. The van der Waals surface area contributed by atoms with Gasteiger partial charge in [-0.1, -0.05) is 13.8 Å². The van der Waals surface area contributed by atoms with Crippen molar-refractivity contribution in [3.63, 3.8) is 0 Å². The van der Waals surface area contributed by atoms with E-state index >= 15 is 0 Å². The van der Waals surface area contributed by atoms with Gasteiger partial charge in [-0.3, -0.25) is 4.79 Å². The zero-order valence-electron chi connectivity index (χ0n) is 11.5. The van der Waals surface area contributed by atoms with E-state index in [0.29, 0.717) is 5.41 Å². The summed E-state index contributed by atoms with van der Waals surface area (Å²) in [5.74, 6) is 0.156. The molecule has 3 nitrogen and oxygen atoms in total. The van der Waals surface area contributed by atoms with E-state index < -0.39 is 0 Å². The van der Waals surface area contributed by atoms with E-state index in [1.807, 2.05) is 17.9 Å². The predicted molar refractivity (Wildman–Crippen MR) is 77.0 cm³/mol. The molecule has 2 N–H and O–H groups in total. The van der Waals surface area contributed by atoms with Crippen LogP contribution in [0.25, 0.3) is 0 Å². The van der Waals surface area contributed by atoms with Crippen LogP contribution >= 0.6 is 11.3 Å². The number of aryl methyl sites for hydroxylation is 1. The SMILES string of the molecule is CCC1(CC)CCN(C(=O)c2cc(N)c(C)s2)C1. The van der Waals surface area contributed by atoms with Gasteiger partial charge in [-0.05, 0) is 37.7 Å². The van der Waals surface area contributed by atoms with Crippen LogP contribution in [-0.4, -0.2) is 23.9 Å². The Hall–Kier alpha value is -1.03. The Morgan fingerprint density at radius 1 is 1.50 bits per heavy atom. The van der Waals surface area contributed by atoms with Crippen LogP contribution in [0.2, 0.25) is 0 Å². The summed E-state index contributed by atoms with van der Waals surface area (Å²) in [6.45, 7) is 8.20. The number of amides is 1. The Bertz CT molecular complexity index is 429. The zero-order chi connectivity index (χ0) is 13.3. The number of carbonyl (C=O) groups is 1. The van der Waals surface area contributed by atoms with Gasteiger partial charge >= 0.3 is 0 Å². The molecule has 0 aliphatic carbocycles. The number of hydrogen-bond donors (Lipinski definition) is 1. The van der Waals surface area contributed by atoms with Crippen molar-refractivity contribution in [2.45, 2.75) is 40.0 Å². The van der Waals surface area contributed by atoms with Crippen molar-refractivity contribution in [3.8, 4) is 0 Å². The van der Waals surface area contributed by atoms with Gasteiger partial charge < -0.3 is 10.6 Å². The Labute approximate surface area is 113 Å². The monoisotopic (exact) mass is 266 g/mol. The summed E-state index contributed by atoms with van der Waals surface area (Å²) in [5.41, 5.74) is 6.90. The highest BCUT2D eigenvalue weighted by Gasteiger charge is 2.37. The first-order valence-corrected chi connectivity index (χ1v) is 7.48. The highest BCUT2D eigenvalue weighted by Crippen LogP contribution is 2.38. The van der Waals surface area contributed by atoms with Gasteiger partial charge in [0.15, 0.2) is 0 Å². The number of anilines is 1. The molecule has 0 aromatic carbocycles. The van der Waals surface area contributed by atoms with Crippen LogP contribution in [0.4, 0.5) is 5.69 Å². The molecule has 1 fully saturated rings. The van der Waals surface area contributed by atoms with E-state index in [0.717, 1.165) is 47.8 Å². The molecule has 100 valence electrons. The van der Waals surface area contributed by atoms with Crippen LogP contribution < -0.4 is 5.73 Å². The summed E-state index contributed by atoms with van der Waals surface area (Å²) < 4.78 is 0. The van der Waals surface area contributed by atoms with Crippen molar-refractivity contribution in [2.75, 3.05) is 18.8 Å². The van der Waals surface area contributed by atoms with E-state index in [1.165, 1.54) is 11.3 Å². The minimum Gasteiger partial charge on any atom is -0.398 e. The first-order chi connectivity index (χ1) is 8.51. The molecule has 1 aromatic rings. The maximum Gasteiger partial charge on any atom is 0.264 e. The summed E-state index contributed by atoms with van der Waals surface area (Å²) in [6, 6.07) is 1.82. The molecule has 0 radical (unpaired) electrons. The molecule has 2 heterocycles. The third kappa shape index (κ3) is 2.26. The van der Waals surface area contributed by atoms with Gasteiger partial charge in [-0.25, -0.2) is 0 Å². The van der Waals surface area contributed by atoms with Gasteiger partial charge in [0.05, 0.1) is 4.88 Å². The Morgan fingerprint density at radius 2 is 2.17 bits per heavy atom. The number of nitrogen functional groups attached to an aromatic ring is 1. The minimum atomic E-state index is 0.156. The van der Waals surface area contributed by atoms with E-state index in [4.69, 9.17) is 5.73 Å².